The molecule has 5 heterocycles. The molecular formula is C32H36N4O3. The molecule has 8 bridgehead atoms. The van der Waals surface area contributed by atoms with Crippen LogP contribution in [0, 0.1) is 20.8 Å². The molecule has 2 aliphatic rings. The maximum Gasteiger partial charge on any atom is 0.305 e. The number of nitrogens with zero attached hydrogens (tertiary/aromatic N) is 2. The summed E-state index contributed by atoms with van der Waals surface area (Å²) in [6.45, 7) is 12.5. The van der Waals surface area contributed by atoms with Gasteiger partial charge in [0.05, 0.1) is 24.0 Å². The second kappa shape index (κ2) is 10.3. The average Bonchev–Trinajstić information content (AvgIpc) is 3.61. The van der Waals surface area contributed by atoms with Crippen molar-refractivity contribution in [1.82, 2.24) is 19.9 Å². The number of esters is 1. The Labute approximate surface area is 228 Å². The largest absolute Gasteiger partial charge is 0.469 e. The van der Waals surface area contributed by atoms with E-state index >= 15 is 0 Å². The predicted octanol–water partition coefficient (Wildman–Crippen LogP) is 7.23. The second-order valence-corrected chi connectivity index (χ2v) is 10.7. The molecule has 3 aromatic heterocycles. The van der Waals surface area contributed by atoms with Gasteiger partial charge in [0.2, 0.25) is 0 Å². The van der Waals surface area contributed by atoms with Crippen molar-refractivity contribution >= 4 is 45.5 Å². The molecule has 0 aliphatic carbocycles. The Kier molecular flexibility index (Phi) is 7.02. The third-order valence-corrected chi connectivity index (χ3v) is 8.48. The van der Waals surface area contributed by atoms with Crippen LogP contribution in [0.5, 0.6) is 0 Å². The normalized spacial score (nSPS) is 17.0. The van der Waals surface area contributed by atoms with Crippen molar-refractivity contribution in [3.05, 3.63) is 69.3 Å². The van der Waals surface area contributed by atoms with Gasteiger partial charge in [-0.25, -0.2) is 4.98 Å². The lowest BCUT2D eigenvalue weighted by Crippen LogP contribution is -2.08. The first-order chi connectivity index (χ1) is 18.7. The number of aryl methyl sites for hydroxylation is 3. The van der Waals surface area contributed by atoms with E-state index in [1.807, 2.05) is 13.0 Å². The quantitative estimate of drug-likeness (QED) is 0.271. The first-order valence-corrected chi connectivity index (χ1v) is 13.6. The van der Waals surface area contributed by atoms with Crippen molar-refractivity contribution in [3.8, 4) is 0 Å². The molecule has 0 saturated heterocycles. The lowest BCUT2D eigenvalue weighted by molar-refractivity contribution is -0.140. The number of hydrogen-bond donors (Lipinski definition) is 2. The van der Waals surface area contributed by atoms with Gasteiger partial charge in [0, 0.05) is 51.8 Å². The van der Waals surface area contributed by atoms with Crippen LogP contribution in [0.3, 0.4) is 0 Å². The minimum atomic E-state index is -0.220. The summed E-state index contributed by atoms with van der Waals surface area (Å²) >= 11 is 0. The van der Waals surface area contributed by atoms with Gasteiger partial charge >= 0.3 is 5.97 Å². The number of fused-ring (bicyclic) bond motifs is 8. The van der Waals surface area contributed by atoms with Crippen LogP contribution in [-0.2, 0) is 9.53 Å². The Balaban J connectivity index is 1.88. The Morgan fingerprint density at radius 1 is 0.949 bits per heavy atom. The fourth-order valence-corrected chi connectivity index (χ4v) is 5.94. The number of rotatable bonds is 5. The van der Waals surface area contributed by atoms with Gasteiger partial charge in [-0.05, 0) is 92.6 Å². The summed E-state index contributed by atoms with van der Waals surface area (Å²) in [6.07, 6.45) is 2.73. The average molecular weight is 525 g/mol. The van der Waals surface area contributed by atoms with Crippen molar-refractivity contribution in [2.24, 2.45) is 0 Å². The van der Waals surface area contributed by atoms with E-state index in [2.05, 4.69) is 62.8 Å². The number of H-pyrrole nitrogens is 2. The number of carbonyl (C=O) groups is 2. The molecule has 0 spiro atoms. The van der Waals surface area contributed by atoms with Crippen LogP contribution < -0.4 is 0 Å². The first-order valence-electron chi connectivity index (χ1n) is 13.6. The van der Waals surface area contributed by atoms with E-state index in [0.29, 0.717) is 18.4 Å². The van der Waals surface area contributed by atoms with E-state index in [1.165, 1.54) is 12.7 Å². The zero-order valence-electron chi connectivity index (χ0n) is 23.8. The van der Waals surface area contributed by atoms with E-state index in [4.69, 9.17) is 14.7 Å². The molecule has 5 rings (SSSR count). The minimum absolute atomic E-state index is 0.0575. The Bertz CT molecular complexity index is 1690. The maximum atomic E-state index is 12.2. The van der Waals surface area contributed by atoms with Gasteiger partial charge in [-0.3, -0.25) is 14.6 Å². The van der Waals surface area contributed by atoms with Crippen LogP contribution in [0.1, 0.15) is 102 Å². The summed E-state index contributed by atoms with van der Waals surface area (Å²) in [6, 6.07) is 8.31. The molecule has 0 aromatic carbocycles. The predicted molar refractivity (Wildman–Crippen MR) is 156 cm³/mol. The molecule has 0 saturated carbocycles. The monoisotopic (exact) mass is 524 g/mol. The summed E-state index contributed by atoms with van der Waals surface area (Å²) in [5.41, 5.74) is 13.3. The highest BCUT2D eigenvalue weighted by Gasteiger charge is 2.31. The highest BCUT2D eigenvalue weighted by Crippen LogP contribution is 2.42. The summed E-state index contributed by atoms with van der Waals surface area (Å²) < 4.78 is 4.94. The van der Waals surface area contributed by atoms with Gasteiger partial charge in [-0.2, -0.15) is 0 Å². The van der Waals surface area contributed by atoms with Crippen molar-refractivity contribution in [3.63, 3.8) is 0 Å². The standard InChI is InChI=1S/C32H36N4O3/c1-8-21-17(3)27-14-30-23(15-37)19(5)26(35-30)13-28-18(4)22(9-10-31(38)39-7)32(36-28)20(6)25-11-16(2)24(33-25)12-29(21)34-27/h11-15,18,22,33,35H,8-10H2,1-7H3/t18-,22-/m0/s1. The highest BCUT2D eigenvalue weighted by atomic mass is 16.5. The van der Waals surface area contributed by atoms with Crippen molar-refractivity contribution in [1.29, 1.82) is 0 Å². The van der Waals surface area contributed by atoms with E-state index in [1.54, 1.807) is 0 Å². The van der Waals surface area contributed by atoms with E-state index in [9.17, 15) is 9.59 Å². The molecule has 2 N–H and O–H groups in total. The van der Waals surface area contributed by atoms with Gasteiger partial charge in [0.25, 0.3) is 0 Å². The third-order valence-electron chi connectivity index (χ3n) is 8.48. The highest BCUT2D eigenvalue weighted by molar-refractivity contribution is 5.96. The Morgan fingerprint density at radius 3 is 2.33 bits per heavy atom. The topological polar surface area (TPSA) is 101 Å². The number of ether oxygens (including phenoxy) is 1. The van der Waals surface area contributed by atoms with Crippen LogP contribution in [0.25, 0.3) is 33.2 Å². The molecule has 7 heteroatoms. The summed E-state index contributed by atoms with van der Waals surface area (Å²) in [4.78, 5) is 41.5. The second-order valence-electron chi connectivity index (χ2n) is 10.7. The number of nitrogens with one attached hydrogen (secondary N) is 2. The molecular weight excluding hydrogens is 488 g/mol. The van der Waals surface area contributed by atoms with Crippen molar-refractivity contribution in [2.75, 3.05) is 7.11 Å². The van der Waals surface area contributed by atoms with E-state index < -0.39 is 0 Å². The molecule has 39 heavy (non-hydrogen) atoms. The molecule has 0 unspecified atom stereocenters. The zero-order chi connectivity index (χ0) is 28.0. The Morgan fingerprint density at radius 2 is 1.64 bits per heavy atom. The van der Waals surface area contributed by atoms with Crippen LogP contribution >= 0.6 is 0 Å². The fraction of sp³-hybridized carbons (Fsp3) is 0.375. The lowest BCUT2D eigenvalue weighted by Gasteiger charge is -2.16. The van der Waals surface area contributed by atoms with Crippen LogP contribution in [-0.4, -0.2) is 39.3 Å². The molecule has 2 aliphatic heterocycles. The number of carbonyl (C=O) groups excluding carboxylic acids is 2. The molecule has 0 fully saturated rings. The third kappa shape index (κ3) is 4.60. The number of aldehydes is 1. The molecule has 0 radical (unpaired) electrons. The van der Waals surface area contributed by atoms with Crippen molar-refractivity contribution in [2.45, 2.75) is 72.6 Å². The lowest BCUT2D eigenvalue weighted by atomic mass is 9.86. The molecule has 2 atom stereocenters. The first kappa shape index (κ1) is 26.6. The number of aromatic amines is 2. The zero-order valence-corrected chi connectivity index (χ0v) is 23.8. The van der Waals surface area contributed by atoms with Crippen LogP contribution in [0.2, 0.25) is 0 Å². The number of aromatic nitrogens is 4. The van der Waals surface area contributed by atoms with E-state index in [0.717, 1.165) is 79.8 Å². The Hall–Kier alpha value is -4.00. The van der Waals surface area contributed by atoms with Crippen LogP contribution in [0.15, 0.2) is 24.3 Å². The van der Waals surface area contributed by atoms with E-state index in [-0.39, 0.29) is 17.8 Å². The summed E-state index contributed by atoms with van der Waals surface area (Å²) in [5, 5.41) is 0. The van der Waals surface area contributed by atoms with Gasteiger partial charge in [-0.1, -0.05) is 13.8 Å². The minimum Gasteiger partial charge on any atom is -0.469 e. The fourth-order valence-electron chi connectivity index (χ4n) is 5.94. The summed E-state index contributed by atoms with van der Waals surface area (Å²) in [7, 11) is 1.42. The van der Waals surface area contributed by atoms with Crippen LogP contribution in [0.4, 0.5) is 0 Å². The maximum absolute atomic E-state index is 12.2. The summed E-state index contributed by atoms with van der Waals surface area (Å²) in [5.74, 6) is -0.0791. The molecule has 7 nitrogen and oxygen atoms in total. The van der Waals surface area contributed by atoms with Gasteiger partial charge < -0.3 is 14.7 Å². The molecule has 0 amide bonds. The number of allylic oxidation sites excluding steroid dienone is 2. The number of hydrogen-bond acceptors (Lipinski definition) is 5. The van der Waals surface area contributed by atoms with Gasteiger partial charge in [-0.15, -0.1) is 0 Å². The molecule has 202 valence electrons. The number of methoxy groups -OCH3 is 1. The smallest absolute Gasteiger partial charge is 0.305 e. The molecule has 3 aromatic rings. The van der Waals surface area contributed by atoms with Crippen molar-refractivity contribution < 1.29 is 14.3 Å². The van der Waals surface area contributed by atoms with Gasteiger partial charge in [0.1, 0.15) is 0 Å². The SMILES string of the molecule is CCC1=C(C)c2cc3[nH]c(cc4nc(c(C)c5cc(C)c(cc1n2)[nH]5)[C@@H](CCC(=O)OC)[C@@H]4C)c(C)c3C=O. The van der Waals surface area contributed by atoms with Gasteiger partial charge in [0.15, 0.2) is 6.29 Å².